The summed E-state index contributed by atoms with van der Waals surface area (Å²) in [6.07, 6.45) is 5.18. The van der Waals surface area contributed by atoms with E-state index in [1.807, 2.05) is 0 Å². The van der Waals surface area contributed by atoms with Crippen LogP contribution in [0.3, 0.4) is 0 Å². The van der Waals surface area contributed by atoms with E-state index in [9.17, 15) is 9.59 Å². The Morgan fingerprint density at radius 3 is 2.14 bits per heavy atom. The van der Waals surface area contributed by atoms with Gasteiger partial charge in [0.1, 0.15) is 0 Å². The van der Waals surface area contributed by atoms with Gasteiger partial charge in [-0.15, -0.1) is 0 Å². The van der Waals surface area contributed by atoms with Gasteiger partial charge in [0, 0.05) is 7.05 Å². The summed E-state index contributed by atoms with van der Waals surface area (Å²) in [6.45, 7) is 0. The van der Waals surface area contributed by atoms with Crippen LogP contribution in [-0.4, -0.2) is 23.9 Å². The Morgan fingerprint density at radius 1 is 1.21 bits per heavy atom. The standard InChI is InChI=1S/C10H12N2O2/c1-11-12-9(13)7-5-2-3-6(4-5)8(7)10(12)14/h2-3,5-8,11H,4H2,1H3/t5?,6?,7-,8+. The Balaban J connectivity index is 2.02. The highest BCUT2D eigenvalue weighted by Gasteiger charge is 2.59. The van der Waals surface area contributed by atoms with E-state index in [-0.39, 0.29) is 23.7 Å². The van der Waals surface area contributed by atoms with Gasteiger partial charge >= 0.3 is 0 Å². The molecule has 74 valence electrons. The van der Waals surface area contributed by atoms with Crippen LogP contribution in [0.2, 0.25) is 0 Å². The molecular formula is C10H12N2O2. The number of nitrogens with zero attached hydrogens (tertiary/aromatic N) is 1. The molecule has 1 saturated carbocycles. The van der Waals surface area contributed by atoms with Gasteiger partial charge < -0.3 is 0 Å². The van der Waals surface area contributed by atoms with Crippen LogP contribution < -0.4 is 5.43 Å². The van der Waals surface area contributed by atoms with Gasteiger partial charge in [-0.05, 0) is 18.3 Å². The molecule has 2 aliphatic carbocycles. The molecule has 4 atom stereocenters. The van der Waals surface area contributed by atoms with Crippen LogP contribution >= 0.6 is 0 Å². The number of nitrogens with one attached hydrogen (secondary N) is 1. The highest BCUT2D eigenvalue weighted by atomic mass is 16.2. The molecule has 14 heavy (non-hydrogen) atoms. The maximum Gasteiger partial charge on any atom is 0.248 e. The van der Waals surface area contributed by atoms with Gasteiger partial charge in [0.05, 0.1) is 11.8 Å². The third-order valence-electron chi connectivity index (χ3n) is 3.69. The van der Waals surface area contributed by atoms with Crippen molar-refractivity contribution in [2.45, 2.75) is 6.42 Å². The predicted octanol–water partition coefficient (Wildman–Crippen LogP) is -0.0721. The van der Waals surface area contributed by atoms with Gasteiger partial charge in [0.15, 0.2) is 0 Å². The maximum absolute atomic E-state index is 11.8. The monoisotopic (exact) mass is 192 g/mol. The van der Waals surface area contributed by atoms with Crippen molar-refractivity contribution >= 4 is 11.8 Å². The quantitative estimate of drug-likeness (QED) is 0.467. The number of carbonyl (C=O) groups is 2. The average Bonchev–Trinajstić information content (AvgIpc) is 2.80. The first-order chi connectivity index (χ1) is 6.74. The number of rotatable bonds is 1. The number of allylic oxidation sites excluding steroid dienone is 2. The maximum atomic E-state index is 11.8. The van der Waals surface area contributed by atoms with Gasteiger partial charge in [-0.3, -0.25) is 9.59 Å². The third kappa shape index (κ3) is 0.733. The summed E-state index contributed by atoms with van der Waals surface area (Å²) in [4.78, 5) is 23.7. The number of hydrazine groups is 1. The summed E-state index contributed by atoms with van der Waals surface area (Å²) in [5.74, 6) is 0.369. The lowest BCUT2D eigenvalue weighted by molar-refractivity contribution is -0.143. The highest BCUT2D eigenvalue weighted by Crippen LogP contribution is 2.51. The molecule has 1 heterocycles. The van der Waals surface area contributed by atoms with Gasteiger partial charge in [-0.25, -0.2) is 10.4 Å². The lowest BCUT2D eigenvalue weighted by Crippen LogP contribution is -2.41. The van der Waals surface area contributed by atoms with E-state index < -0.39 is 0 Å². The number of fused-ring (bicyclic) bond motifs is 5. The number of carbonyl (C=O) groups excluding carboxylic acids is 2. The van der Waals surface area contributed by atoms with Gasteiger partial charge in [-0.1, -0.05) is 12.2 Å². The van der Waals surface area contributed by atoms with Crippen molar-refractivity contribution < 1.29 is 9.59 Å². The van der Waals surface area contributed by atoms with Crippen molar-refractivity contribution in [1.29, 1.82) is 0 Å². The van der Waals surface area contributed by atoms with Crippen molar-refractivity contribution in [1.82, 2.24) is 10.4 Å². The molecule has 1 saturated heterocycles. The summed E-state index contributed by atoms with van der Waals surface area (Å²) in [5.41, 5.74) is 2.67. The minimum absolute atomic E-state index is 0.0423. The van der Waals surface area contributed by atoms with Crippen molar-refractivity contribution in [3.05, 3.63) is 12.2 Å². The van der Waals surface area contributed by atoms with Gasteiger partial charge in [-0.2, -0.15) is 0 Å². The first-order valence-corrected chi connectivity index (χ1v) is 4.97. The minimum atomic E-state index is -0.0788. The lowest BCUT2D eigenvalue weighted by Gasteiger charge is -2.14. The normalized spacial score (nSPS) is 43.9. The predicted molar refractivity (Wildman–Crippen MR) is 48.6 cm³/mol. The van der Waals surface area contributed by atoms with Crippen molar-refractivity contribution in [2.75, 3.05) is 7.05 Å². The van der Waals surface area contributed by atoms with Crippen LogP contribution in [0.1, 0.15) is 6.42 Å². The zero-order valence-electron chi connectivity index (χ0n) is 7.93. The van der Waals surface area contributed by atoms with Crippen LogP contribution in [0.25, 0.3) is 0 Å². The molecule has 4 heteroatoms. The second-order valence-corrected chi connectivity index (χ2v) is 4.24. The number of amides is 2. The molecule has 2 fully saturated rings. The van der Waals surface area contributed by atoms with E-state index in [1.165, 1.54) is 5.01 Å². The molecule has 0 aromatic heterocycles. The van der Waals surface area contributed by atoms with E-state index in [1.54, 1.807) is 7.05 Å². The minimum Gasteiger partial charge on any atom is -0.273 e. The van der Waals surface area contributed by atoms with Crippen LogP contribution in [0.5, 0.6) is 0 Å². The molecule has 1 aliphatic heterocycles. The van der Waals surface area contributed by atoms with E-state index in [0.29, 0.717) is 11.8 Å². The summed E-state index contributed by atoms with van der Waals surface area (Å²) in [7, 11) is 1.62. The highest BCUT2D eigenvalue weighted by molar-refractivity contribution is 6.05. The van der Waals surface area contributed by atoms with E-state index in [0.717, 1.165) is 6.42 Å². The van der Waals surface area contributed by atoms with Crippen molar-refractivity contribution in [3.8, 4) is 0 Å². The number of imide groups is 1. The second kappa shape index (κ2) is 2.45. The van der Waals surface area contributed by atoms with Crippen LogP contribution in [0.4, 0.5) is 0 Å². The van der Waals surface area contributed by atoms with Crippen LogP contribution in [0.15, 0.2) is 12.2 Å². The van der Waals surface area contributed by atoms with Crippen LogP contribution in [0, 0.1) is 23.7 Å². The molecule has 3 aliphatic rings. The molecule has 1 N–H and O–H groups in total. The smallest absolute Gasteiger partial charge is 0.248 e. The zero-order chi connectivity index (χ0) is 9.87. The van der Waals surface area contributed by atoms with Crippen LogP contribution in [-0.2, 0) is 9.59 Å². The number of hydrogen-bond acceptors (Lipinski definition) is 3. The summed E-state index contributed by atoms with van der Waals surface area (Å²) < 4.78 is 0. The van der Waals surface area contributed by atoms with E-state index >= 15 is 0 Å². The zero-order valence-corrected chi connectivity index (χ0v) is 7.93. The second-order valence-electron chi connectivity index (χ2n) is 4.24. The van der Waals surface area contributed by atoms with Gasteiger partial charge in [0.2, 0.25) is 11.8 Å². The first-order valence-electron chi connectivity index (χ1n) is 4.97. The molecule has 2 unspecified atom stereocenters. The number of hydrogen-bond donors (Lipinski definition) is 1. The Bertz CT molecular complexity index is 320. The fraction of sp³-hybridized carbons (Fsp3) is 0.600. The summed E-state index contributed by atoms with van der Waals surface area (Å²) in [5, 5.41) is 1.18. The first kappa shape index (κ1) is 8.17. The van der Waals surface area contributed by atoms with E-state index in [2.05, 4.69) is 17.6 Å². The summed E-state index contributed by atoms with van der Waals surface area (Å²) in [6, 6.07) is 0. The molecule has 0 aromatic carbocycles. The Labute approximate surface area is 81.9 Å². The molecule has 2 bridgehead atoms. The fourth-order valence-corrected chi connectivity index (χ4v) is 3.12. The Hall–Kier alpha value is -1.16. The van der Waals surface area contributed by atoms with Crippen molar-refractivity contribution in [2.24, 2.45) is 23.7 Å². The molecule has 4 nitrogen and oxygen atoms in total. The molecule has 2 amide bonds. The Kier molecular flexibility index (Phi) is 1.43. The molecule has 0 spiro atoms. The lowest BCUT2D eigenvalue weighted by atomic mass is 9.85. The average molecular weight is 192 g/mol. The topological polar surface area (TPSA) is 49.4 Å². The van der Waals surface area contributed by atoms with Gasteiger partial charge in [0.25, 0.3) is 0 Å². The van der Waals surface area contributed by atoms with Crippen molar-refractivity contribution in [3.63, 3.8) is 0 Å². The molecule has 0 radical (unpaired) electrons. The Morgan fingerprint density at radius 2 is 1.71 bits per heavy atom. The fourth-order valence-electron chi connectivity index (χ4n) is 3.12. The SMILES string of the molecule is CNN1C(=O)[C@@H]2C3C=CC(C3)[C@@H]2C1=O. The molecule has 3 rings (SSSR count). The molecule has 0 aromatic rings. The third-order valence-corrected chi connectivity index (χ3v) is 3.69. The van der Waals surface area contributed by atoms with E-state index in [4.69, 9.17) is 0 Å². The molecular weight excluding hydrogens is 180 g/mol. The largest absolute Gasteiger partial charge is 0.273 e. The summed E-state index contributed by atoms with van der Waals surface area (Å²) >= 11 is 0.